The van der Waals surface area contributed by atoms with Gasteiger partial charge in [-0.05, 0) is 13.0 Å². The van der Waals surface area contributed by atoms with Crippen molar-refractivity contribution in [3.63, 3.8) is 0 Å². The van der Waals surface area contributed by atoms with Crippen molar-refractivity contribution in [2.75, 3.05) is 62.3 Å². The van der Waals surface area contributed by atoms with E-state index in [4.69, 9.17) is 4.74 Å². The minimum atomic E-state index is -0.235. The van der Waals surface area contributed by atoms with Gasteiger partial charge >= 0.3 is 0 Å². The summed E-state index contributed by atoms with van der Waals surface area (Å²) in [6, 6.07) is 3.83. The summed E-state index contributed by atoms with van der Waals surface area (Å²) in [7, 11) is 0. The highest BCUT2D eigenvalue weighted by Crippen LogP contribution is 2.22. The van der Waals surface area contributed by atoms with E-state index in [1.807, 2.05) is 6.92 Å². The maximum Gasteiger partial charge on any atom is 0.145 e. The van der Waals surface area contributed by atoms with Gasteiger partial charge in [0, 0.05) is 63.6 Å². The Hall–Kier alpha value is -2.32. The quantitative estimate of drug-likeness (QED) is 0.806. The van der Waals surface area contributed by atoms with Gasteiger partial charge in [-0.1, -0.05) is 0 Å². The van der Waals surface area contributed by atoms with E-state index >= 15 is 0 Å². The van der Waals surface area contributed by atoms with Gasteiger partial charge in [0.2, 0.25) is 0 Å². The van der Waals surface area contributed by atoms with E-state index in [0.29, 0.717) is 12.1 Å². The molecule has 0 N–H and O–H groups in total. The summed E-state index contributed by atoms with van der Waals surface area (Å²) in [6.07, 6.45) is 2.92. The van der Waals surface area contributed by atoms with Gasteiger partial charge in [0.1, 0.15) is 23.3 Å². The number of aromatic nitrogens is 3. The highest BCUT2D eigenvalue weighted by atomic mass is 19.1. The van der Waals surface area contributed by atoms with Crippen molar-refractivity contribution >= 4 is 11.6 Å². The van der Waals surface area contributed by atoms with Crippen LogP contribution in [0.25, 0.3) is 0 Å². The monoisotopic (exact) mass is 372 g/mol. The Morgan fingerprint density at radius 1 is 1.00 bits per heavy atom. The molecule has 8 heteroatoms. The van der Waals surface area contributed by atoms with E-state index in [1.54, 1.807) is 12.3 Å². The number of morpholine rings is 1. The Morgan fingerprint density at radius 2 is 1.67 bits per heavy atom. The number of rotatable bonds is 4. The van der Waals surface area contributed by atoms with E-state index < -0.39 is 0 Å². The average Bonchev–Trinajstić information content (AvgIpc) is 2.70. The van der Waals surface area contributed by atoms with Crippen LogP contribution in [0.3, 0.4) is 0 Å². The van der Waals surface area contributed by atoms with Crippen LogP contribution in [0.1, 0.15) is 11.4 Å². The lowest BCUT2D eigenvalue weighted by Gasteiger charge is -2.36. The number of nitrogens with zero attached hydrogens (tertiary/aromatic N) is 6. The van der Waals surface area contributed by atoms with E-state index in [9.17, 15) is 4.39 Å². The number of halogens is 1. The standard InChI is InChI=1S/C19H25FN6O/c1-15-22-18(12-19(23-15)26-8-10-27-11-9-26)25-6-4-24(5-7-25)14-16-2-3-21-13-17(16)20/h2-3,12-13H,4-11,14H2,1H3. The summed E-state index contributed by atoms with van der Waals surface area (Å²) >= 11 is 0. The molecule has 0 atom stereocenters. The number of pyridine rings is 1. The highest BCUT2D eigenvalue weighted by molar-refractivity contribution is 5.51. The molecule has 2 aliphatic rings. The summed E-state index contributed by atoms with van der Waals surface area (Å²) in [6.45, 7) is 9.24. The zero-order chi connectivity index (χ0) is 18.6. The average molecular weight is 372 g/mol. The maximum absolute atomic E-state index is 13.8. The molecule has 27 heavy (non-hydrogen) atoms. The molecular formula is C19H25FN6O. The van der Waals surface area contributed by atoms with Crippen molar-refractivity contribution in [2.24, 2.45) is 0 Å². The molecule has 0 saturated carbocycles. The van der Waals surface area contributed by atoms with Gasteiger partial charge in [-0.2, -0.15) is 0 Å². The maximum atomic E-state index is 13.8. The minimum absolute atomic E-state index is 0.235. The lowest BCUT2D eigenvalue weighted by Crippen LogP contribution is -2.46. The van der Waals surface area contributed by atoms with Crippen LogP contribution in [0, 0.1) is 12.7 Å². The fourth-order valence-corrected chi connectivity index (χ4v) is 3.56. The van der Waals surface area contributed by atoms with E-state index in [0.717, 1.165) is 69.9 Å². The third-order valence-electron chi connectivity index (χ3n) is 5.09. The minimum Gasteiger partial charge on any atom is -0.378 e. The Bertz CT molecular complexity index is 775. The number of piperazine rings is 1. The number of hydrogen-bond donors (Lipinski definition) is 0. The van der Waals surface area contributed by atoms with E-state index in [-0.39, 0.29) is 5.82 Å². The van der Waals surface area contributed by atoms with Gasteiger partial charge in [0.25, 0.3) is 0 Å². The first kappa shape index (κ1) is 18.1. The smallest absolute Gasteiger partial charge is 0.145 e. The second kappa shape index (κ2) is 8.14. The molecule has 0 unspecified atom stereocenters. The summed E-state index contributed by atoms with van der Waals surface area (Å²) < 4.78 is 19.3. The summed E-state index contributed by atoms with van der Waals surface area (Å²) in [5, 5.41) is 0. The van der Waals surface area contributed by atoms with Gasteiger partial charge in [-0.3, -0.25) is 9.88 Å². The number of aryl methyl sites for hydroxylation is 1. The van der Waals surface area contributed by atoms with Crippen LogP contribution >= 0.6 is 0 Å². The number of anilines is 2. The fraction of sp³-hybridized carbons (Fsp3) is 0.526. The molecule has 4 rings (SSSR count). The first-order chi connectivity index (χ1) is 13.2. The summed E-state index contributed by atoms with van der Waals surface area (Å²) in [5.74, 6) is 2.50. The molecule has 4 heterocycles. The van der Waals surface area contributed by atoms with Gasteiger partial charge in [-0.15, -0.1) is 0 Å². The van der Waals surface area contributed by atoms with Gasteiger partial charge < -0.3 is 14.5 Å². The molecule has 2 aromatic heterocycles. The molecular weight excluding hydrogens is 347 g/mol. The van der Waals surface area contributed by atoms with Crippen molar-refractivity contribution in [1.82, 2.24) is 19.9 Å². The first-order valence-electron chi connectivity index (χ1n) is 9.43. The largest absolute Gasteiger partial charge is 0.378 e. The van der Waals surface area contributed by atoms with Gasteiger partial charge in [0.05, 0.1) is 19.4 Å². The van der Waals surface area contributed by atoms with E-state index in [1.165, 1.54) is 6.20 Å². The summed E-state index contributed by atoms with van der Waals surface area (Å²) in [4.78, 5) is 19.9. The predicted octanol–water partition coefficient (Wildman–Crippen LogP) is 1.48. The lowest BCUT2D eigenvalue weighted by molar-refractivity contribution is 0.122. The second-order valence-corrected chi connectivity index (χ2v) is 6.96. The predicted molar refractivity (Wildman–Crippen MR) is 101 cm³/mol. The van der Waals surface area contributed by atoms with Crippen LogP contribution in [0.2, 0.25) is 0 Å². The topological polar surface area (TPSA) is 57.6 Å². The second-order valence-electron chi connectivity index (χ2n) is 6.96. The third kappa shape index (κ3) is 4.33. The zero-order valence-corrected chi connectivity index (χ0v) is 15.6. The molecule has 0 spiro atoms. The molecule has 0 radical (unpaired) electrons. The summed E-state index contributed by atoms with van der Waals surface area (Å²) in [5.41, 5.74) is 0.700. The molecule has 0 amide bonds. The van der Waals surface area contributed by atoms with Gasteiger partial charge in [-0.25, -0.2) is 14.4 Å². The number of hydrogen-bond acceptors (Lipinski definition) is 7. The molecule has 2 saturated heterocycles. The van der Waals surface area contributed by atoms with Crippen molar-refractivity contribution in [1.29, 1.82) is 0 Å². The zero-order valence-electron chi connectivity index (χ0n) is 15.6. The number of ether oxygens (including phenoxy) is 1. The molecule has 0 aromatic carbocycles. The van der Waals surface area contributed by atoms with Crippen molar-refractivity contribution in [3.05, 3.63) is 41.7 Å². The Kier molecular flexibility index (Phi) is 5.45. The van der Waals surface area contributed by atoms with Crippen molar-refractivity contribution < 1.29 is 9.13 Å². The molecule has 144 valence electrons. The normalized spacial score (nSPS) is 18.7. The fourth-order valence-electron chi connectivity index (χ4n) is 3.56. The van der Waals surface area contributed by atoms with Crippen LogP contribution in [0.4, 0.5) is 16.0 Å². The Morgan fingerprint density at radius 3 is 2.33 bits per heavy atom. The Labute approximate surface area is 158 Å². The first-order valence-corrected chi connectivity index (χ1v) is 9.43. The van der Waals surface area contributed by atoms with Crippen LogP contribution in [-0.2, 0) is 11.3 Å². The lowest BCUT2D eigenvalue weighted by atomic mass is 10.2. The molecule has 2 aromatic rings. The highest BCUT2D eigenvalue weighted by Gasteiger charge is 2.21. The van der Waals surface area contributed by atoms with Crippen LogP contribution < -0.4 is 9.80 Å². The SMILES string of the molecule is Cc1nc(N2CCOCC2)cc(N2CCN(Cc3ccncc3F)CC2)n1. The third-order valence-corrected chi connectivity index (χ3v) is 5.09. The van der Waals surface area contributed by atoms with E-state index in [2.05, 4.69) is 35.7 Å². The van der Waals surface area contributed by atoms with Gasteiger partial charge in [0.15, 0.2) is 0 Å². The van der Waals surface area contributed by atoms with Crippen LogP contribution in [0.5, 0.6) is 0 Å². The van der Waals surface area contributed by atoms with Crippen LogP contribution in [-0.4, -0.2) is 72.3 Å². The van der Waals surface area contributed by atoms with Crippen molar-refractivity contribution in [3.8, 4) is 0 Å². The van der Waals surface area contributed by atoms with Crippen molar-refractivity contribution in [2.45, 2.75) is 13.5 Å². The molecule has 0 aliphatic carbocycles. The molecule has 2 aliphatic heterocycles. The molecule has 2 fully saturated rings. The Balaban J connectivity index is 1.40. The molecule has 0 bridgehead atoms. The molecule has 7 nitrogen and oxygen atoms in total. The van der Waals surface area contributed by atoms with Crippen LogP contribution in [0.15, 0.2) is 24.5 Å².